The van der Waals surface area contributed by atoms with Crippen molar-refractivity contribution in [3.05, 3.63) is 77.6 Å². The fourth-order valence-electron chi connectivity index (χ4n) is 3.40. The van der Waals surface area contributed by atoms with Gasteiger partial charge >= 0.3 is 0 Å². The van der Waals surface area contributed by atoms with Crippen molar-refractivity contribution in [1.82, 2.24) is 19.6 Å². The third-order valence-corrected chi connectivity index (χ3v) is 5.17. The van der Waals surface area contributed by atoms with E-state index in [0.29, 0.717) is 31.9 Å². The van der Waals surface area contributed by atoms with Gasteiger partial charge in [-0.15, -0.1) is 0 Å². The van der Waals surface area contributed by atoms with E-state index < -0.39 is 17.5 Å². The van der Waals surface area contributed by atoms with E-state index in [2.05, 4.69) is 5.10 Å². The molecular weight excluding hydrogens is 406 g/mol. The molecular formula is C22H20F2N4O3. The molecule has 3 aromatic rings. The predicted molar refractivity (Wildman–Crippen MR) is 108 cm³/mol. The van der Waals surface area contributed by atoms with Crippen molar-refractivity contribution >= 4 is 11.8 Å². The maximum Gasteiger partial charge on any atom is 0.274 e. The highest BCUT2D eigenvalue weighted by Crippen LogP contribution is 2.16. The summed E-state index contributed by atoms with van der Waals surface area (Å²) in [6, 6.07) is 12.0. The summed E-state index contributed by atoms with van der Waals surface area (Å²) in [6.07, 6.45) is 1.71. The Morgan fingerprint density at radius 2 is 1.52 bits per heavy atom. The zero-order valence-corrected chi connectivity index (χ0v) is 16.8. The maximum absolute atomic E-state index is 13.4. The van der Waals surface area contributed by atoms with E-state index in [-0.39, 0.29) is 11.5 Å². The highest BCUT2D eigenvalue weighted by atomic mass is 19.2. The molecule has 1 saturated heterocycles. The lowest BCUT2D eigenvalue weighted by atomic mass is 10.1. The molecule has 0 atom stereocenters. The molecule has 2 amide bonds. The Morgan fingerprint density at radius 1 is 0.871 bits per heavy atom. The number of hydrogen-bond donors (Lipinski definition) is 0. The van der Waals surface area contributed by atoms with Crippen molar-refractivity contribution < 1.29 is 23.1 Å². The van der Waals surface area contributed by atoms with Crippen molar-refractivity contribution in [3.8, 4) is 11.4 Å². The number of rotatable bonds is 4. The van der Waals surface area contributed by atoms with Crippen LogP contribution in [0.1, 0.15) is 20.8 Å². The van der Waals surface area contributed by atoms with Crippen molar-refractivity contribution in [1.29, 1.82) is 0 Å². The SMILES string of the molecule is COc1ccc(-n2ccc(C(=O)N3CCN(C(=O)c4ccc(F)c(F)c4)CC3)n2)cc1. The summed E-state index contributed by atoms with van der Waals surface area (Å²) in [6.45, 7) is 1.23. The lowest BCUT2D eigenvalue weighted by Crippen LogP contribution is -2.50. The monoisotopic (exact) mass is 426 g/mol. The van der Waals surface area contributed by atoms with Gasteiger partial charge < -0.3 is 14.5 Å². The Labute approximate surface area is 177 Å². The second-order valence-corrected chi connectivity index (χ2v) is 7.06. The molecule has 0 spiro atoms. The number of ether oxygens (including phenoxy) is 1. The minimum Gasteiger partial charge on any atom is -0.497 e. The Morgan fingerprint density at radius 3 is 2.13 bits per heavy atom. The molecule has 2 aromatic carbocycles. The van der Waals surface area contributed by atoms with Crippen molar-refractivity contribution in [2.45, 2.75) is 0 Å². The molecule has 0 bridgehead atoms. The fourth-order valence-corrected chi connectivity index (χ4v) is 3.40. The van der Waals surface area contributed by atoms with Crippen LogP contribution >= 0.6 is 0 Å². The first-order valence-corrected chi connectivity index (χ1v) is 9.70. The van der Waals surface area contributed by atoms with Gasteiger partial charge in [0.15, 0.2) is 17.3 Å². The van der Waals surface area contributed by atoms with Gasteiger partial charge in [0.05, 0.1) is 12.8 Å². The summed E-state index contributed by atoms with van der Waals surface area (Å²) in [5.41, 5.74) is 1.18. The highest BCUT2D eigenvalue weighted by molar-refractivity contribution is 5.95. The van der Waals surface area contributed by atoms with E-state index in [1.807, 2.05) is 24.3 Å². The largest absolute Gasteiger partial charge is 0.497 e. The highest BCUT2D eigenvalue weighted by Gasteiger charge is 2.27. The molecule has 2 heterocycles. The normalized spacial score (nSPS) is 13.9. The molecule has 160 valence electrons. The third kappa shape index (κ3) is 4.25. The minimum atomic E-state index is -1.06. The van der Waals surface area contributed by atoms with Crippen molar-refractivity contribution in [2.24, 2.45) is 0 Å². The molecule has 1 aromatic heterocycles. The lowest BCUT2D eigenvalue weighted by molar-refractivity contribution is 0.0531. The molecule has 1 aliphatic heterocycles. The van der Waals surface area contributed by atoms with Crippen LogP contribution < -0.4 is 4.74 Å². The van der Waals surface area contributed by atoms with Crippen LogP contribution in [0.25, 0.3) is 5.69 Å². The summed E-state index contributed by atoms with van der Waals surface area (Å²) in [5, 5.41) is 4.36. The lowest BCUT2D eigenvalue weighted by Gasteiger charge is -2.34. The molecule has 9 heteroatoms. The van der Waals surface area contributed by atoms with Gasteiger partial charge in [-0.1, -0.05) is 0 Å². The summed E-state index contributed by atoms with van der Waals surface area (Å²) < 4.78 is 33.2. The molecule has 0 N–H and O–H groups in total. The van der Waals surface area contributed by atoms with Crippen LogP contribution in [-0.2, 0) is 0 Å². The van der Waals surface area contributed by atoms with E-state index in [1.165, 1.54) is 11.0 Å². The number of methoxy groups -OCH3 is 1. The van der Waals surface area contributed by atoms with Crippen LogP contribution in [0, 0.1) is 11.6 Å². The molecule has 1 aliphatic rings. The topological polar surface area (TPSA) is 67.7 Å². The fraction of sp³-hybridized carbons (Fsp3) is 0.227. The van der Waals surface area contributed by atoms with Gasteiger partial charge in [-0.3, -0.25) is 9.59 Å². The molecule has 0 saturated carbocycles. The van der Waals surface area contributed by atoms with Crippen LogP contribution in [0.5, 0.6) is 5.75 Å². The second-order valence-electron chi connectivity index (χ2n) is 7.06. The smallest absolute Gasteiger partial charge is 0.274 e. The first kappa shape index (κ1) is 20.5. The van der Waals surface area contributed by atoms with Crippen LogP contribution in [0.2, 0.25) is 0 Å². The van der Waals surface area contributed by atoms with Crippen molar-refractivity contribution in [3.63, 3.8) is 0 Å². The summed E-state index contributed by atoms with van der Waals surface area (Å²) >= 11 is 0. The number of piperazine rings is 1. The Bertz CT molecular complexity index is 1110. The molecule has 1 fully saturated rings. The van der Waals surface area contributed by atoms with Gasteiger partial charge in [-0.2, -0.15) is 5.10 Å². The van der Waals surface area contributed by atoms with Gasteiger partial charge in [0.1, 0.15) is 5.75 Å². The van der Waals surface area contributed by atoms with E-state index in [0.717, 1.165) is 23.6 Å². The van der Waals surface area contributed by atoms with Gasteiger partial charge in [0.25, 0.3) is 11.8 Å². The predicted octanol–water partition coefficient (Wildman–Crippen LogP) is 2.76. The summed E-state index contributed by atoms with van der Waals surface area (Å²) in [5.74, 6) is -1.96. The number of halogens is 2. The summed E-state index contributed by atoms with van der Waals surface area (Å²) in [7, 11) is 1.59. The molecule has 0 unspecified atom stereocenters. The third-order valence-electron chi connectivity index (χ3n) is 5.17. The minimum absolute atomic E-state index is 0.0805. The molecule has 0 aliphatic carbocycles. The molecule has 0 radical (unpaired) electrons. The van der Waals surface area contributed by atoms with Crippen LogP contribution in [0.3, 0.4) is 0 Å². The number of benzene rings is 2. The molecule has 31 heavy (non-hydrogen) atoms. The van der Waals surface area contributed by atoms with Gasteiger partial charge in [0, 0.05) is 37.9 Å². The number of nitrogens with zero attached hydrogens (tertiary/aromatic N) is 4. The van der Waals surface area contributed by atoms with E-state index in [9.17, 15) is 18.4 Å². The number of carbonyl (C=O) groups excluding carboxylic acids is 2. The molecule has 7 nitrogen and oxygen atoms in total. The number of carbonyl (C=O) groups is 2. The summed E-state index contributed by atoms with van der Waals surface area (Å²) in [4.78, 5) is 28.5. The van der Waals surface area contributed by atoms with Gasteiger partial charge in [-0.05, 0) is 48.5 Å². The Kier molecular flexibility index (Phi) is 5.66. The first-order chi connectivity index (χ1) is 15.0. The average molecular weight is 426 g/mol. The van der Waals surface area contributed by atoms with Crippen LogP contribution in [-0.4, -0.2) is 64.7 Å². The van der Waals surface area contributed by atoms with E-state index in [1.54, 1.807) is 29.0 Å². The number of amides is 2. The quantitative estimate of drug-likeness (QED) is 0.644. The first-order valence-electron chi connectivity index (χ1n) is 9.70. The Hall–Kier alpha value is -3.75. The van der Waals surface area contributed by atoms with Crippen molar-refractivity contribution in [2.75, 3.05) is 33.3 Å². The second kappa shape index (κ2) is 8.55. The standard InChI is InChI=1S/C22H20F2N4O3/c1-31-17-5-3-16(4-6-17)28-9-8-20(25-28)22(30)27-12-10-26(11-13-27)21(29)15-2-7-18(23)19(24)14-15/h2-9,14H,10-13H2,1H3. The van der Waals surface area contributed by atoms with Gasteiger partial charge in [-0.25, -0.2) is 13.5 Å². The number of hydrogen-bond acceptors (Lipinski definition) is 4. The number of aromatic nitrogens is 2. The van der Waals surface area contributed by atoms with E-state index >= 15 is 0 Å². The van der Waals surface area contributed by atoms with Gasteiger partial charge in [0.2, 0.25) is 0 Å². The maximum atomic E-state index is 13.4. The average Bonchev–Trinajstić information content (AvgIpc) is 3.30. The van der Waals surface area contributed by atoms with Crippen LogP contribution in [0.4, 0.5) is 8.78 Å². The van der Waals surface area contributed by atoms with E-state index in [4.69, 9.17) is 4.74 Å². The Balaban J connectivity index is 1.38. The zero-order valence-electron chi connectivity index (χ0n) is 16.8. The van der Waals surface area contributed by atoms with Crippen LogP contribution in [0.15, 0.2) is 54.7 Å². The zero-order chi connectivity index (χ0) is 22.0. The molecule has 4 rings (SSSR count).